The van der Waals surface area contributed by atoms with Crippen molar-refractivity contribution >= 4 is 15.7 Å². The summed E-state index contributed by atoms with van der Waals surface area (Å²) < 4.78 is 92.4. The number of amides is 1. The van der Waals surface area contributed by atoms with Crippen LogP contribution in [0.4, 0.5) is 22.0 Å². The molecule has 2 aliphatic rings. The van der Waals surface area contributed by atoms with Gasteiger partial charge in [-0.2, -0.15) is 13.2 Å². The first kappa shape index (κ1) is 27.5. The summed E-state index contributed by atoms with van der Waals surface area (Å²) in [5.74, 6) is -3.58. The molecule has 1 unspecified atom stereocenters. The zero-order valence-corrected chi connectivity index (χ0v) is 21.4. The van der Waals surface area contributed by atoms with E-state index in [-0.39, 0.29) is 65.0 Å². The second-order valence-electron chi connectivity index (χ2n) is 10.2. The van der Waals surface area contributed by atoms with E-state index in [0.29, 0.717) is 5.56 Å². The van der Waals surface area contributed by atoms with Crippen LogP contribution in [0.5, 0.6) is 0 Å². The Balaban J connectivity index is 1.62. The topological polar surface area (TPSA) is 76.1 Å². The number of nitrogens with zero attached hydrogens (tertiary/aromatic N) is 1. The maximum atomic E-state index is 13.9. The van der Waals surface area contributed by atoms with Gasteiger partial charge in [-0.15, -0.1) is 0 Å². The van der Waals surface area contributed by atoms with Crippen LogP contribution in [0, 0.1) is 25.7 Å². The van der Waals surface area contributed by atoms with Gasteiger partial charge in [0.1, 0.15) is 5.69 Å². The van der Waals surface area contributed by atoms with Crippen molar-refractivity contribution in [3.63, 3.8) is 0 Å². The van der Waals surface area contributed by atoms with Crippen LogP contribution < -0.4 is 5.32 Å². The van der Waals surface area contributed by atoms with Crippen LogP contribution in [0.2, 0.25) is 0 Å². The molecule has 11 heteroatoms. The molecule has 2 saturated carbocycles. The Morgan fingerprint density at radius 1 is 1.08 bits per heavy atom. The van der Waals surface area contributed by atoms with E-state index in [9.17, 15) is 35.2 Å². The molecule has 0 saturated heterocycles. The van der Waals surface area contributed by atoms with Crippen molar-refractivity contribution in [2.45, 2.75) is 75.4 Å². The van der Waals surface area contributed by atoms with Gasteiger partial charge in [0.05, 0.1) is 27.9 Å². The number of aryl methyl sites for hydroxylation is 2. The summed E-state index contributed by atoms with van der Waals surface area (Å²) in [5.41, 5.74) is -0.576. The molecule has 1 aromatic heterocycles. The van der Waals surface area contributed by atoms with Crippen LogP contribution >= 0.6 is 0 Å². The SMILES string of the molecule is Cc1cc(C(F)(F)F)nc(C)c1C(=O)NC(c1ccc(S(=O)(=O)CC2CC2)cc1)C1CCC(F)(F)CC1. The number of pyridine rings is 1. The van der Waals surface area contributed by atoms with Crippen LogP contribution in [0.3, 0.4) is 0 Å². The van der Waals surface area contributed by atoms with E-state index in [1.807, 2.05) is 0 Å². The number of alkyl halides is 5. The van der Waals surface area contributed by atoms with Crippen LogP contribution in [-0.4, -0.2) is 31.0 Å². The molecule has 4 rings (SSSR count). The number of carbonyl (C=O) groups excluding carboxylic acids is 1. The fraction of sp³-hybridized carbons (Fsp3) is 0.538. The van der Waals surface area contributed by atoms with E-state index >= 15 is 0 Å². The van der Waals surface area contributed by atoms with Gasteiger partial charge in [0, 0.05) is 12.8 Å². The summed E-state index contributed by atoms with van der Waals surface area (Å²) in [6.45, 7) is 2.70. The fourth-order valence-corrected chi connectivity index (χ4v) is 6.67. The lowest BCUT2D eigenvalue weighted by atomic mass is 9.79. The smallest absolute Gasteiger partial charge is 0.345 e. The summed E-state index contributed by atoms with van der Waals surface area (Å²) in [7, 11) is -3.46. The van der Waals surface area contributed by atoms with Gasteiger partial charge in [-0.25, -0.2) is 22.2 Å². The molecule has 1 aromatic carbocycles. The van der Waals surface area contributed by atoms with Crippen LogP contribution in [0.15, 0.2) is 35.2 Å². The molecule has 2 fully saturated rings. The van der Waals surface area contributed by atoms with Crippen molar-refractivity contribution < 1.29 is 35.2 Å². The molecular weight excluding hydrogens is 515 g/mol. The Morgan fingerprint density at radius 2 is 1.68 bits per heavy atom. The van der Waals surface area contributed by atoms with Gasteiger partial charge in [0.25, 0.3) is 5.91 Å². The maximum absolute atomic E-state index is 13.9. The van der Waals surface area contributed by atoms with Crippen LogP contribution in [-0.2, 0) is 16.0 Å². The number of nitrogens with one attached hydrogen (secondary N) is 1. The zero-order valence-electron chi connectivity index (χ0n) is 20.5. The van der Waals surface area contributed by atoms with Crippen molar-refractivity contribution in [2.24, 2.45) is 11.8 Å². The average Bonchev–Trinajstić information content (AvgIpc) is 3.60. The summed E-state index contributed by atoms with van der Waals surface area (Å²) >= 11 is 0. The van der Waals surface area contributed by atoms with Gasteiger partial charge in [-0.3, -0.25) is 4.79 Å². The van der Waals surface area contributed by atoms with Crippen LogP contribution in [0.1, 0.15) is 77.4 Å². The van der Waals surface area contributed by atoms with Gasteiger partial charge in [-0.05, 0) is 80.7 Å². The van der Waals surface area contributed by atoms with E-state index in [0.717, 1.165) is 18.9 Å². The molecule has 1 N–H and O–H groups in total. The summed E-state index contributed by atoms with van der Waals surface area (Å²) in [6.07, 6.45) is -3.34. The first-order valence-electron chi connectivity index (χ1n) is 12.2. The molecular formula is C26H29F5N2O3S. The molecule has 2 aromatic rings. The number of hydrogen-bond donors (Lipinski definition) is 1. The number of hydrogen-bond acceptors (Lipinski definition) is 4. The molecule has 5 nitrogen and oxygen atoms in total. The lowest BCUT2D eigenvalue weighted by Gasteiger charge is -2.34. The van der Waals surface area contributed by atoms with Crippen molar-refractivity contribution in [1.82, 2.24) is 10.3 Å². The maximum Gasteiger partial charge on any atom is 0.433 e. The van der Waals surface area contributed by atoms with Crippen molar-refractivity contribution in [3.8, 4) is 0 Å². The Labute approximate surface area is 212 Å². The lowest BCUT2D eigenvalue weighted by molar-refractivity contribution is -0.141. The van der Waals surface area contributed by atoms with Crippen molar-refractivity contribution in [2.75, 3.05) is 5.75 Å². The summed E-state index contributed by atoms with van der Waals surface area (Å²) in [5, 5.41) is 2.83. The van der Waals surface area contributed by atoms with Gasteiger partial charge in [0.15, 0.2) is 9.84 Å². The minimum atomic E-state index is -4.66. The first-order valence-corrected chi connectivity index (χ1v) is 13.9. The van der Waals surface area contributed by atoms with E-state index in [2.05, 4.69) is 10.3 Å². The molecule has 1 atom stereocenters. The molecule has 0 bridgehead atoms. The molecule has 1 heterocycles. The minimum Gasteiger partial charge on any atom is -0.345 e. The average molecular weight is 545 g/mol. The first-order chi connectivity index (χ1) is 17.2. The minimum absolute atomic E-state index is 0.0113. The molecule has 0 radical (unpaired) electrons. The van der Waals surface area contributed by atoms with E-state index in [1.54, 1.807) is 12.1 Å². The summed E-state index contributed by atoms with van der Waals surface area (Å²) in [6, 6.07) is 6.13. The molecule has 1 amide bonds. The molecule has 37 heavy (non-hydrogen) atoms. The van der Waals surface area contributed by atoms with Crippen molar-refractivity contribution in [1.29, 1.82) is 0 Å². The third kappa shape index (κ3) is 6.48. The predicted molar refractivity (Wildman–Crippen MR) is 127 cm³/mol. The lowest BCUT2D eigenvalue weighted by Crippen LogP contribution is -2.37. The molecule has 0 aliphatic heterocycles. The van der Waals surface area contributed by atoms with E-state index in [1.165, 1.54) is 26.0 Å². The van der Waals surface area contributed by atoms with Gasteiger partial charge < -0.3 is 5.32 Å². The quantitative estimate of drug-likeness (QED) is 0.422. The highest BCUT2D eigenvalue weighted by atomic mass is 32.2. The molecule has 202 valence electrons. The number of halogens is 5. The monoisotopic (exact) mass is 544 g/mol. The predicted octanol–water partition coefficient (Wildman–Crippen LogP) is 6.20. The Bertz CT molecular complexity index is 1240. The number of benzene rings is 1. The second kappa shape index (κ2) is 9.96. The van der Waals surface area contributed by atoms with Crippen LogP contribution in [0.25, 0.3) is 0 Å². The number of rotatable bonds is 7. The largest absolute Gasteiger partial charge is 0.433 e. The molecule has 0 spiro atoms. The highest BCUT2D eigenvalue weighted by Gasteiger charge is 2.39. The standard InChI is InChI=1S/C26H29F5N2O3S/c1-15-13-21(26(29,30)31)32-16(2)22(15)24(34)33-23(19-9-11-25(27,28)12-10-19)18-5-7-20(8-6-18)37(35,36)14-17-3-4-17/h5-8,13,17,19,23H,3-4,9-12,14H2,1-2H3,(H,33,34). The fourth-order valence-electron chi connectivity index (χ4n) is 4.98. The highest BCUT2D eigenvalue weighted by Crippen LogP contribution is 2.42. The number of aromatic nitrogens is 1. The third-order valence-electron chi connectivity index (χ3n) is 7.19. The van der Waals surface area contributed by atoms with Gasteiger partial charge in [-0.1, -0.05) is 12.1 Å². The molecule has 2 aliphatic carbocycles. The number of sulfone groups is 1. The van der Waals surface area contributed by atoms with E-state index in [4.69, 9.17) is 0 Å². The van der Waals surface area contributed by atoms with Crippen molar-refractivity contribution in [3.05, 3.63) is 58.4 Å². The Morgan fingerprint density at radius 3 is 2.19 bits per heavy atom. The second-order valence-corrected chi connectivity index (χ2v) is 12.3. The zero-order chi connectivity index (χ0) is 27.2. The van der Waals surface area contributed by atoms with Gasteiger partial charge >= 0.3 is 6.18 Å². The Kier molecular flexibility index (Phi) is 7.40. The normalized spacial score (nSPS) is 19.4. The Hall–Kier alpha value is -2.56. The number of carbonyl (C=O) groups is 1. The summed E-state index contributed by atoms with van der Waals surface area (Å²) in [4.78, 5) is 17.0. The highest BCUT2D eigenvalue weighted by molar-refractivity contribution is 7.91. The third-order valence-corrected chi connectivity index (χ3v) is 9.09. The van der Waals surface area contributed by atoms with Gasteiger partial charge in [0.2, 0.25) is 5.92 Å². The van der Waals surface area contributed by atoms with E-state index < -0.39 is 39.6 Å².